The molecule has 0 saturated carbocycles. The zero-order valence-corrected chi connectivity index (χ0v) is 15.6. The van der Waals surface area contributed by atoms with E-state index in [1.807, 2.05) is 42.2 Å². The minimum Gasteiger partial charge on any atom is -0.483 e. The molecule has 1 amide bonds. The lowest BCUT2D eigenvalue weighted by Crippen LogP contribution is -2.38. The molecule has 1 aliphatic heterocycles. The van der Waals surface area contributed by atoms with E-state index in [0.717, 1.165) is 28.5 Å². The van der Waals surface area contributed by atoms with Crippen LogP contribution in [0.15, 0.2) is 46.9 Å². The van der Waals surface area contributed by atoms with Crippen LogP contribution in [-0.2, 0) is 17.8 Å². The Hall–Kier alpha value is -2.27. The average Bonchev–Trinajstić information content (AvgIpc) is 2.98. The average molecular weight is 399 g/mol. The number of para-hydroxylation sites is 1. The molecule has 2 heterocycles. The molecule has 5 heteroatoms. The second-order valence-electron chi connectivity index (χ2n) is 6.42. The number of H-pyrrole nitrogens is 1. The quantitative estimate of drug-likeness (QED) is 0.718. The van der Waals surface area contributed by atoms with Crippen LogP contribution in [0, 0.1) is 6.92 Å². The molecule has 0 bridgehead atoms. The van der Waals surface area contributed by atoms with Crippen LogP contribution in [0.5, 0.6) is 5.75 Å². The van der Waals surface area contributed by atoms with Gasteiger partial charge in [-0.2, -0.15) is 0 Å². The molecule has 4 rings (SSSR count). The van der Waals surface area contributed by atoms with Crippen LogP contribution in [0.3, 0.4) is 0 Å². The Kier molecular flexibility index (Phi) is 4.25. The summed E-state index contributed by atoms with van der Waals surface area (Å²) >= 11 is 3.48. The molecule has 128 valence electrons. The summed E-state index contributed by atoms with van der Waals surface area (Å²) < 4.78 is 6.59. The normalized spacial score (nSPS) is 13.8. The number of amides is 1. The number of carbonyl (C=O) groups is 1. The third kappa shape index (κ3) is 3.16. The maximum absolute atomic E-state index is 12.6. The zero-order valence-electron chi connectivity index (χ0n) is 14.0. The molecule has 1 N–H and O–H groups in total. The summed E-state index contributed by atoms with van der Waals surface area (Å²) in [7, 11) is 0. The van der Waals surface area contributed by atoms with Crippen LogP contribution in [0.2, 0.25) is 0 Å². The summed E-state index contributed by atoms with van der Waals surface area (Å²) in [6.45, 7) is 3.43. The molecule has 0 atom stereocenters. The predicted molar refractivity (Wildman–Crippen MR) is 102 cm³/mol. The van der Waals surface area contributed by atoms with Crippen LogP contribution in [0.25, 0.3) is 10.9 Å². The Morgan fingerprint density at radius 2 is 2.12 bits per heavy atom. The fourth-order valence-electron chi connectivity index (χ4n) is 3.33. The number of carbonyl (C=O) groups excluding carboxylic acids is 1. The number of aryl methyl sites for hydroxylation is 1. The first-order valence-corrected chi connectivity index (χ1v) is 9.16. The second-order valence-corrected chi connectivity index (χ2v) is 7.27. The van der Waals surface area contributed by atoms with Crippen molar-refractivity contribution in [3.63, 3.8) is 0 Å². The molecule has 25 heavy (non-hydrogen) atoms. The van der Waals surface area contributed by atoms with Gasteiger partial charge in [0, 0.05) is 41.7 Å². The maximum atomic E-state index is 12.6. The van der Waals surface area contributed by atoms with Crippen molar-refractivity contribution < 1.29 is 9.53 Å². The topological polar surface area (TPSA) is 45.3 Å². The van der Waals surface area contributed by atoms with E-state index < -0.39 is 0 Å². The first-order chi connectivity index (χ1) is 12.1. The van der Waals surface area contributed by atoms with Crippen molar-refractivity contribution in [1.82, 2.24) is 9.88 Å². The highest BCUT2D eigenvalue weighted by Gasteiger charge is 2.24. The number of hydrogen-bond donors (Lipinski definition) is 1. The number of nitrogens with zero attached hydrogens (tertiary/aromatic N) is 1. The highest BCUT2D eigenvalue weighted by atomic mass is 79.9. The van der Waals surface area contributed by atoms with E-state index in [0.29, 0.717) is 12.3 Å². The molecule has 0 radical (unpaired) electrons. The molecular formula is C20H19BrN2O2. The highest BCUT2D eigenvalue weighted by Crippen LogP contribution is 2.28. The Bertz CT molecular complexity index is 948. The zero-order chi connectivity index (χ0) is 17.4. The standard InChI is InChI=1S/C20H19BrN2O2/c1-13-6-7-19(16(21)10-13)25-12-20(24)23-9-8-18-15(11-23)14-4-2-3-5-17(14)22-18/h2-7,10,22H,8-9,11-12H2,1H3. The number of rotatable bonds is 3. The van der Waals surface area contributed by atoms with E-state index in [9.17, 15) is 4.79 Å². The van der Waals surface area contributed by atoms with Gasteiger partial charge in [0.15, 0.2) is 6.61 Å². The van der Waals surface area contributed by atoms with E-state index in [1.165, 1.54) is 16.6 Å². The van der Waals surface area contributed by atoms with Gasteiger partial charge >= 0.3 is 0 Å². The summed E-state index contributed by atoms with van der Waals surface area (Å²) in [5, 5.41) is 1.21. The Labute approximate surface area is 154 Å². The van der Waals surface area contributed by atoms with E-state index in [4.69, 9.17) is 4.74 Å². The summed E-state index contributed by atoms with van der Waals surface area (Å²) in [5.41, 5.74) is 4.76. The summed E-state index contributed by atoms with van der Waals surface area (Å²) in [4.78, 5) is 17.9. The largest absolute Gasteiger partial charge is 0.483 e. The Morgan fingerprint density at radius 3 is 2.96 bits per heavy atom. The molecule has 0 spiro atoms. The van der Waals surface area contributed by atoms with Gasteiger partial charge < -0.3 is 14.6 Å². The van der Waals surface area contributed by atoms with Gasteiger partial charge in [-0.25, -0.2) is 0 Å². The van der Waals surface area contributed by atoms with Gasteiger partial charge in [0.1, 0.15) is 5.75 Å². The van der Waals surface area contributed by atoms with Crippen LogP contribution in [0.4, 0.5) is 0 Å². The molecule has 0 saturated heterocycles. The van der Waals surface area contributed by atoms with Crippen molar-refractivity contribution in [1.29, 1.82) is 0 Å². The second kappa shape index (κ2) is 6.56. The van der Waals surface area contributed by atoms with Crippen molar-refractivity contribution in [2.45, 2.75) is 19.9 Å². The van der Waals surface area contributed by atoms with Crippen molar-refractivity contribution in [2.75, 3.05) is 13.2 Å². The van der Waals surface area contributed by atoms with Gasteiger partial charge in [0.25, 0.3) is 5.91 Å². The minimum atomic E-state index is 0.0170. The number of fused-ring (bicyclic) bond motifs is 3. The minimum absolute atomic E-state index is 0.0170. The van der Waals surface area contributed by atoms with Gasteiger partial charge in [-0.3, -0.25) is 4.79 Å². The van der Waals surface area contributed by atoms with Gasteiger partial charge in [-0.15, -0.1) is 0 Å². The molecule has 1 aromatic heterocycles. The number of nitrogens with one attached hydrogen (secondary N) is 1. The van der Waals surface area contributed by atoms with Gasteiger partial charge in [-0.05, 0) is 46.6 Å². The fraction of sp³-hybridized carbons (Fsp3) is 0.250. The number of aromatic nitrogens is 1. The first-order valence-electron chi connectivity index (χ1n) is 8.37. The number of aromatic amines is 1. The van der Waals surface area contributed by atoms with E-state index in [-0.39, 0.29) is 12.5 Å². The molecule has 4 nitrogen and oxygen atoms in total. The van der Waals surface area contributed by atoms with Crippen LogP contribution < -0.4 is 4.74 Å². The lowest BCUT2D eigenvalue weighted by atomic mass is 10.0. The van der Waals surface area contributed by atoms with Crippen LogP contribution in [0.1, 0.15) is 16.8 Å². The fourth-order valence-corrected chi connectivity index (χ4v) is 3.94. The van der Waals surface area contributed by atoms with Crippen molar-refractivity contribution in [2.24, 2.45) is 0 Å². The summed E-state index contributed by atoms with van der Waals surface area (Å²) in [6, 6.07) is 14.1. The number of ether oxygens (including phenoxy) is 1. The molecule has 3 aromatic rings. The van der Waals surface area contributed by atoms with E-state index in [2.05, 4.69) is 33.0 Å². The Morgan fingerprint density at radius 1 is 1.28 bits per heavy atom. The molecular weight excluding hydrogens is 380 g/mol. The molecule has 0 aliphatic carbocycles. The number of benzene rings is 2. The summed E-state index contributed by atoms with van der Waals surface area (Å²) in [5.74, 6) is 0.715. The summed E-state index contributed by atoms with van der Waals surface area (Å²) in [6.07, 6.45) is 0.851. The lowest BCUT2D eigenvalue weighted by molar-refractivity contribution is -0.134. The molecule has 0 unspecified atom stereocenters. The molecule has 1 aliphatic rings. The number of hydrogen-bond acceptors (Lipinski definition) is 2. The third-order valence-corrected chi connectivity index (χ3v) is 5.29. The van der Waals surface area contributed by atoms with Crippen LogP contribution >= 0.6 is 15.9 Å². The van der Waals surface area contributed by atoms with E-state index >= 15 is 0 Å². The number of halogens is 1. The smallest absolute Gasteiger partial charge is 0.260 e. The van der Waals surface area contributed by atoms with Crippen molar-refractivity contribution in [3.8, 4) is 5.75 Å². The maximum Gasteiger partial charge on any atom is 0.260 e. The molecule has 0 fully saturated rings. The first kappa shape index (κ1) is 16.2. The third-order valence-electron chi connectivity index (χ3n) is 4.67. The van der Waals surface area contributed by atoms with Gasteiger partial charge in [0.05, 0.1) is 4.47 Å². The van der Waals surface area contributed by atoms with Crippen molar-refractivity contribution >= 4 is 32.7 Å². The van der Waals surface area contributed by atoms with Gasteiger partial charge in [-0.1, -0.05) is 24.3 Å². The Balaban J connectivity index is 1.46. The van der Waals surface area contributed by atoms with E-state index in [1.54, 1.807) is 0 Å². The SMILES string of the molecule is Cc1ccc(OCC(=O)N2CCc3[nH]c4ccccc4c3C2)c(Br)c1. The monoisotopic (exact) mass is 398 g/mol. The van der Waals surface area contributed by atoms with Crippen LogP contribution in [-0.4, -0.2) is 28.9 Å². The predicted octanol–water partition coefficient (Wildman–Crippen LogP) is 4.20. The molecule has 2 aromatic carbocycles. The lowest BCUT2D eigenvalue weighted by Gasteiger charge is -2.27. The highest BCUT2D eigenvalue weighted by molar-refractivity contribution is 9.10. The van der Waals surface area contributed by atoms with Crippen molar-refractivity contribution in [3.05, 3.63) is 63.8 Å². The van der Waals surface area contributed by atoms with Gasteiger partial charge in [0.2, 0.25) is 0 Å².